The molecule has 0 aromatic heterocycles. The molecule has 0 aliphatic carbocycles. The van der Waals surface area contributed by atoms with Crippen molar-refractivity contribution in [2.45, 2.75) is 44.6 Å². The fourth-order valence-electron chi connectivity index (χ4n) is 3.25. The Morgan fingerprint density at radius 3 is 2.52 bits per heavy atom. The van der Waals surface area contributed by atoms with Crippen molar-refractivity contribution in [3.05, 3.63) is 34.9 Å². The molecule has 4 N–H and O–H groups in total. The predicted molar refractivity (Wildman–Crippen MR) is 96.2 cm³/mol. The molecule has 1 aromatic carbocycles. The summed E-state index contributed by atoms with van der Waals surface area (Å²) in [6.07, 6.45) is 4.39. The number of carbonyl (C=O) groups is 2. The number of halogens is 1. The van der Waals surface area contributed by atoms with Crippen LogP contribution in [0.1, 0.15) is 37.7 Å². The molecule has 1 unspecified atom stereocenters. The Morgan fingerprint density at radius 1 is 1.28 bits per heavy atom. The van der Waals surface area contributed by atoms with Gasteiger partial charge >= 0.3 is 0 Å². The van der Waals surface area contributed by atoms with Gasteiger partial charge in [-0.3, -0.25) is 14.8 Å². The number of hydrogen-bond acceptors (Lipinski definition) is 4. The highest BCUT2D eigenvalue weighted by molar-refractivity contribution is 6.30. The Labute approximate surface area is 153 Å². The number of nitrogens with zero attached hydrogens (tertiary/aromatic N) is 1. The lowest BCUT2D eigenvalue weighted by molar-refractivity contribution is -0.134. The van der Waals surface area contributed by atoms with E-state index in [-0.39, 0.29) is 11.8 Å². The van der Waals surface area contributed by atoms with Crippen LogP contribution in [0.15, 0.2) is 24.3 Å². The molecule has 6 nitrogen and oxygen atoms in total. The molecule has 1 aromatic rings. The summed E-state index contributed by atoms with van der Waals surface area (Å²) in [5.41, 5.74) is 8.74. The predicted octanol–water partition coefficient (Wildman–Crippen LogP) is 2.12. The van der Waals surface area contributed by atoms with Crippen molar-refractivity contribution in [2.24, 2.45) is 11.7 Å². The maximum absolute atomic E-state index is 12.5. The zero-order chi connectivity index (χ0) is 18.2. The first-order chi connectivity index (χ1) is 12.0. The van der Waals surface area contributed by atoms with E-state index in [4.69, 9.17) is 22.5 Å². The van der Waals surface area contributed by atoms with Gasteiger partial charge in [0.25, 0.3) is 0 Å². The van der Waals surface area contributed by atoms with Gasteiger partial charge in [-0.2, -0.15) is 0 Å². The van der Waals surface area contributed by atoms with Crippen molar-refractivity contribution in [3.63, 3.8) is 0 Å². The minimum absolute atomic E-state index is 0.00643. The molecular weight excluding hydrogens is 342 g/mol. The number of likely N-dealkylation sites (tertiary alicyclic amines) is 1. The maximum Gasteiger partial charge on any atom is 0.243 e. The first-order valence-corrected chi connectivity index (χ1v) is 9.09. The number of rotatable bonds is 7. The molecule has 25 heavy (non-hydrogen) atoms. The minimum Gasteiger partial charge on any atom is -0.341 e. The minimum atomic E-state index is -0.536. The fraction of sp³-hybridized carbons (Fsp3) is 0.556. The first kappa shape index (κ1) is 19.7. The van der Waals surface area contributed by atoms with E-state index in [0.29, 0.717) is 36.9 Å². The molecule has 1 saturated heterocycles. The molecule has 2 rings (SSSR count). The zero-order valence-corrected chi connectivity index (χ0v) is 15.0. The SMILES string of the molecule is NC(Cc1ccc(Cl)cc1)C(=O)N1CCC(CCCC(=O)NO)CC1. The van der Waals surface area contributed by atoms with E-state index in [1.165, 1.54) is 0 Å². The maximum atomic E-state index is 12.5. The van der Waals surface area contributed by atoms with E-state index >= 15 is 0 Å². The summed E-state index contributed by atoms with van der Waals surface area (Å²) in [6, 6.07) is 6.85. The van der Waals surface area contributed by atoms with E-state index in [9.17, 15) is 9.59 Å². The Morgan fingerprint density at radius 2 is 1.92 bits per heavy atom. The number of carbonyl (C=O) groups excluding carboxylic acids is 2. The van der Waals surface area contributed by atoms with Crippen LogP contribution >= 0.6 is 11.6 Å². The second kappa shape index (κ2) is 9.75. The summed E-state index contributed by atoms with van der Waals surface area (Å²) in [5, 5.41) is 9.15. The van der Waals surface area contributed by atoms with Gasteiger partial charge in [-0.25, -0.2) is 5.48 Å². The van der Waals surface area contributed by atoms with Gasteiger partial charge in [0.2, 0.25) is 11.8 Å². The largest absolute Gasteiger partial charge is 0.341 e. The number of nitrogens with two attached hydrogens (primary N) is 1. The quantitative estimate of drug-likeness (QED) is 0.508. The number of benzene rings is 1. The summed E-state index contributed by atoms with van der Waals surface area (Å²) in [6.45, 7) is 1.42. The third-order valence-electron chi connectivity index (χ3n) is 4.75. The van der Waals surface area contributed by atoms with Crippen LogP contribution in [0.3, 0.4) is 0 Å². The Kier molecular flexibility index (Phi) is 7.68. The Hall–Kier alpha value is -1.63. The molecule has 1 aliphatic heterocycles. The summed E-state index contributed by atoms with van der Waals surface area (Å²) in [7, 11) is 0. The summed E-state index contributed by atoms with van der Waals surface area (Å²) >= 11 is 5.87. The smallest absolute Gasteiger partial charge is 0.243 e. The average Bonchev–Trinajstić information content (AvgIpc) is 2.63. The first-order valence-electron chi connectivity index (χ1n) is 8.71. The molecule has 1 heterocycles. The third kappa shape index (κ3) is 6.30. The fourth-order valence-corrected chi connectivity index (χ4v) is 3.37. The summed E-state index contributed by atoms with van der Waals surface area (Å²) < 4.78 is 0. The molecule has 7 heteroatoms. The molecule has 138 valence electrons. The highest BCUT2D eigenvalue weighted by Gasteiger charge is 2.26. The van der Waals surface area contributed by atoms with Gasteiger partial charge in [0.05, 0.1) is 6.04 Å². The number of hydrogen-bond donors (Lipinski definition) is 3. The highest BCUT2D eigenvalue weighted by atomic mass is 35.5. The number of piperidine rings is 1. The van der Waals surface area contributed by atoms with Crippen LogP contribution in [-0.4, -0.2) is 41.1 Å². The van der Waals surface area contributed by atoms with Gasteiger partial charge in [0, 0.05) is 24.5 Å². The van der Waals surface area contributed by atoms with Gasteiger partial charge in [0.15, 0.2) is 0 Å². The molecule has 2 amide bonds. The number of nitrogens with one attached hydrogen (secondary N) is 1. The van der Waals surface area contributed by atoms with Gasteiger partial charge in [0.1, 0.15) is 0 Å². The van der Waals surface area contributed by atoms with Crippen LogP contribution in [0.4, 0.5) is 0 Å². The van der Waals surface area contributed by atoms with Crippen LogP contribution in [0.25, 0.3) is 0 Å². The lowest BCUT2D eigenvalue weighted by Gasteiger charge is -2.33. The zero-order valence-electron chi connectivity index (χ0n) is 14.3. The van der Waals surface area contributed by atoms with Gasteiger partial charge in [-0.05, 0) is 55.7 Å². The van der Waals surface area contributed by atoms with E-state index in [1.54, 1.807) is 17.6 Å². The Bertz CT molecular complexity index is 571. The molecule has 0 spiro atoms. The number of amides is 2. The van der Waals surface area contributed by atoms with E-state index in [0.717, 1.165) is 31.2 Å². The second-order valence-electron chi connectivity index (χ2n) is 6.63. The molecule has 0 radical (unpaired) electrons. The summed E-state index contributed by atoms with van der Waals surface area (Å²) in [5.74, 6) is 0.164. The lowest BCUT2D eigenvalue weighted by atomic mass is 9.91. The molecule has 0 saturated carbocycles. The normalized spacial score (nSPS) is 16.5. The molecule has 1 fully saturated rings. The van der Waals surface area contributed by atoms with Crippen molar-refractivity contribution < 1.29 is 14.8 Å². The second-order valence-corrected chi connectivity index (χ2v) is 7.07. The van der Waals surface area contributed by atoms with Crippen molar-refractivity contribution in [2.75, 3.05) is 13.1 Å². The topological polar surface area (TPSA) is 95.7 Å². The monoisotopic (exact) mass is 367 g/mol. The molecule has 1 aliphatic rings. The molecule has 1 atom stereocenters. The van der Waals surface area contributed by atoms with Crippen molar-refractivity contribution in [1.82, 2.24) is 10.4 Å². The van der Waals surface area contributed by atoms with E-state index in [1.807, 2.05) is 17.0 Å². The van der Waals surface area contributed by atoms with Crippen LogP contribution in [0, 0.1) is 5.92 Å². The van der Waals surface area contributed by atoms with Crippen LogP contribution < -0.4 is 11.2 Å². The van der Waals surface area contributed by atoms with Gasteiger partial charge in [-0.1, -0.05) is 23.7 Å². The van der Waals surface area contributed by atoms with Gasteiger partial charge < -0.3 is 10.6 Å². The third-order valence-corrected chi connectivity index (χ3v) is 5.01. The van der Waals surface area contributed by atoms with E-state index in [2.05, 4.69) is 0 Å². The Balaban J connectivity index is 1.72. The average molecular weight is 368 g/mol. The van der Waals surface area contributed by atoms with Crippen molar-refractivity contribution in [1.29, 1.82) is 0 Å². The lowest BCUT2D eigenvalue weighted by Crippen LogP contribution is -2.48. The highest BCUT2D eigenvalue weighted by Crippen LogP contribution is 2.23. The number of hydroxylamine groups is 1. The summed E-state index contributed by atoms with van der Waals surface area (Å²) in [4.78, 5) is 25.4. The molecular formula is C18H26ClN3O3. The van der Waals surface area contributed by atoms with Crippen LogP contribution in [0.2, 0.25) is 5.02 Å². The van der Waals surface area contributed by atoms with Gasteiger partial charge in [-0.15, -0.1) is 0 Å². The van der Waals surface area contributed by atoms with Crippen LogP contribution in [-0.2, 0) is 16.0 Å². The van der Waals surface area contributed by atoms with Crippen molar-refractivity contribution in [3.8, 4) is 0 Å². The molecule has 0 bridgehead atoms. The van der Waals surface area contributed by atoms with Crippen LogP contribution in [0.5, 0.6) is 0 Å². The van der Waals surface area contributed by atoms with E-state index < -0.39 is 6.04 Å². The van der Waals surface area contributed by atoms with Crippen molar-refractivity contribution >= 4 is 23.4 Å². The standard InChI is InChI=1S/C18H26ClN3O3/c19-15-6-4-14(5-7-15)12-16(20)18(24)22-10-8-13(9-11-22)2-1-3-17(23)21-25/h4-7,13,16,25H,1-3,8-12,20H2,(H,21,23).